The molecule has 0 bridgehead atoms. The molecule has 1 aromatic carbocycles. The predicted molar refractivity (Wildman–Crippen MR) is 91.5 cm³/mol. The molecular formula is C19H22O6. The van der Waals surface area contributed by atoms with E-state index < -0.39 is 11.9 Å². The van der Waals surface area contributed by atoms with Crippen LogP contribution in [-0.2, 0) is 14.3 Å². The van der Waals surface area contributed by atoms with E-state index in [9.17, 15) is 9.59 Å². The number of carboxylic acids is 1. The van der Waals surface area contributed by atoms with E-state index in [0.29, 0.717) is 42.1 Å². The highest BCUT2D eigenvalue weighted by Gasteiger charge is 2.16. The first-order valence-electron chi connectivity index (χ1n) is 8.10. The fourth-order valence-electron chi connectivity index (χ4n) is 2.21. The van der Waals surface area contributed by atoms with E-state index in [4.69, 9.17) is 19.3 Å². The molecule has 1 aromatic rings. The van der Waals surface area contributed by atoms with Gasteiger partial charge in [-0.2, -0.15) is 0 Å². The zero-order valence-electron chi connectivity index (χ0n) is 14.4. The Bertz CT molecular complexity index is 672. The van der Waals surface area contributed by atoms with Crippen molar-refractivity contribution in [2.45, 2.75) is 32.3 Å². The number of aliphatic carboxylic acids is 1. The van der Waals surface area contributed by atoms with Gasteiger partial charge in [-0.1, -0.05) is 0 Å². The largest absolute Gasteiger partial charge is 0.493 e. The van der Waals surface area contributed by atoms with E-state index in [1.165, 1.54) is 12.2 Å². The SMILES string of the molecule is COC(C)CCOc1ccc(C(=O)OC2=CC=C(C(=O)O)CC2)cc1. The third kappa shape index (κ3) is 5.76. The second-order valence-corrected chi connectivity index (χ2v) is 5.73. The van der Waals surface area contributed by atoms with Gasteiger partial charge >= 0.3 is 11.9 Å². The molecule has 0 spiro atoms. The first-order chi connectivity index (χ1) is 12.0. The molecule has 0 aliphatic heterocycles. The topological polar surface area (TPSA) is 82.1 Å². The summed E-state index contributed by atoms with van der Waals surface area (Å²) in [5.41, 5.74) is 0.718. The van der Waals surface area contributed by atoms with Gasteiger partial charge in [0.1, 0.15) is 11.5 Å². The molecule has 0 saturated heterocycles. The van der Waals surface area contributed by atoms with Gasteiger partial charge in [0.25, 0.3) is 0 Å². The Morgan fingerprint density at radius 1 is 1.16 bits per heavy atom. The van der Waals surface area contributed by atoms with Gasteiger partial charge in [-0.3, -0.25) is 0 Å². The molecule has 0 aromatic heterocycles. The monoisotopic (exact) mass is 346 g/mol. The second kappa shape index (κ2) is 9.03. The maximum absolute atomic E-state index is 12.1. The molecule has 6 nitrogen and oxygen atoms in total. The predicted octanol–water partition coefficient (Wildman–Crippen LogP) is 3.34. The van der Waals surface area contributed by atoms with Gasteiger partial charge in [-0.05, 0) is 49.8 Å². The van der Waals surface area contributed by atoms with Crippen LogP contribution >= 0.6 is 0 Å². The standard InChI is InChI=1S/C19H22O6/c1-13(23-2)11-12-24-16-7-5-15(6-8-16)19(22)25-17-9-3-14(4-10-17)18(20)21/h3,5-9,13H,4,10-12H2,1-2H3,(H,20,21). The fourth-order valence-corrected chi connectivity index (χ4v) is 2.21. The second-order valence-electron chi connectivity index (χ2n) is 5.73. The summed E-state index contributed by atoms with van der Waals surface area (Å²) in [6.45, 7) is 2.50. The van der Waals surface area contributed by atoms with Crippen molar-refractivity contribution < 1.29 is 28.9 Å². The quantitative estimate of drug-likeness (QED) is 0.727. The number of carbonyl (C=O) groups excluding carboxylic acids is 1. The van der Waals surface area contributed by atoms with Crippen LogP contribution in [0.2, 0.25) is 0 Å². The first kappa shape index (κ1) is 18.7. The Labute approximate surface area is 146 Å². The van der Waals surface area contributed by atoms with Crippen molar-refractivity contribution in [3.8, 4) is 5.75 Å². The third-order valence-electron chi connectivity index (χ3n) is 3.90. The van der Waals surface area contributed by atoms with Crippen LogP contribution in [0.15, 0.2) is 47.7 Å². The van der Waals surface area contributed by atoms with Crippen LogP contribution in [0.4, 0.5) is 0 Å². The van der Waals surface area contributed by atoms with E-state index in [2.05, 4.69) is 0 Å². The average Bonchev–Trinajstić information content (AvgIpc) is 2.62. The van der Waals surface area contributed by atoms with Crippen LogP contribution in [0.5, 0.6) is 5.75 Å². The first-order valence-corrected chi connectivity index (χ1v) is 8.10. The smallest absolute Gasteiger partial charge is 0.343 e. The van der Waals surface area contributed by atoms with E-state index in [-0.39, 0.29) is 6.10 Å². The molecule has 2 rings (SSSR count). The Kier molecular flexibility index (Phi) is 6.77. The molecule has 0 amide bonds. The number of hydrogen-bond donors (Lipinski definition) is 1. The van der Waals surface area contributed by atoms with Gasteiger partial charge in [-0.25, -0.2) is 9.59 Å². The summed E-state index contributed by atoms with van der Waals surface area (Å²) in [6.07, 6.45) is 4.64. The van der Waals surface area contributed by atoms with Crippen molar-refractivity contribution in [1.82, 2.24) is 0 Å². The summed E-state index contributed by atoms with van der Waals surface area (Å²) in [6, 6.07) is 6.70. The van der Waals surface area contributed by atoms with E-state index in [1.54, 1.807) is 31.4 Å². The number of carboxylic acid groups (broad SMARTS) is 1. The fraction of sp³-hybridized carbons (Fsp3) is 0.368. The van der Waals surface area contributed by atoms with E-state index in [1.807, 2.05) is 6.92 Å². The Morgan fingerprint density at radius 3 is 2.44 bits per heavy atom. The molecular weight excluding hydrogens is 324 g/mol. The maximum Gasteiger partial charge on any atom is 0.343 e. The number of esters is 1. The number of carbonyl (C=O) groups is 2. The van der Waals surface area contributed by atoms with Crippen LogP contribution in [0, 0.1) is 0 Å². The molecule has 1 aliphatic carbocycles. The lowest BCUT2D eigenvalue weighted by Crippen LogP contribution is -2.11. The van der Waals surface area contributed by atoms with Crippen LogP contribution in [-0.4, -0.2) is 36.9 Å². The number of hydrogen-bond acceptors (Lipinski definition) is 5. The molecule has 0 radical (unpaired) electrons. The Morgan fingerprint density at radius 2 is 1.88 bits per heavy atom. The van der Waals surface area contributed by atoms with Crippen LogP contribution < -0.4 is 4.74 Å². The van der Waals surface area contributed by atoms with Crippen molar-refractivity contribution in [2.75, 3.05) is 13.7 Å². The highest BCUT2D eigenvalue weighted by Crippen LogP contribution is 2.21. The van der Waals surface area contributed by atoms with Crippen molar-refractivity contribution in [3.05, 3.63) is 53.3 Å². The molecule has 6 heteroatoms. The molecule has 25 heavy (non-hydrogen) atoms. The van der Waals surface area contributed by atoms with Crippen LogP contribution in [0.25, 0.3) is 0 Å². The number of methoxy groups -OCH3 is 1. The lowest BCUT2D eigenvalue weighted by Gasteiger charge is -2.13. The lowest BCUT2D eigenvalue weighted by molar-refractivity contribution is -0.132. The molecule has 1 unspecified atom stereocenters. The summed E-state index contributed by atoms with van der Waals surface area (Å²) in [5, 5.41) is 8.89. The Hall–Kier alpha value is -2.60. The minimum absolute atomic E-state index is 0.133. The molecule has 1 atom stereocenters. The van der Waals surface area contributed by atoms with Crippen LogP contribution in [0.1, 0.15) is 36.5 Å². The van der Waals surface area contributed by atoms with Crippen molar-refractivity contribution in [2.24, 2.45) is 0 Å². The lowest BCUT2D eigenvalue weighted by atomic mass is 10.0. The highest BCUT2D eigenvalue weighted by molar-refractivity contribution is 5.90. The molecule has 1 aliphatic rings. The normalized spacial score (nSPS) is 15.0. The zero-order chi connectivity index (χ0) is 18.2. The highest BCUT2D eigenvalue weighted by atomic mass is 16.5. The van der Waals surface area contributed by atoms with Gasteiger partial charge in [0, 0.05) is 25.5 Å². The minimum atomic E-state index is -0.947. The Balaban J connectivity index is 1.87. The summed E-state index contributed by atoms with van der Waals surface area (Å²) in [5.74, 6) is -0.287. The molecule has 0 fully saturated rings. The average molecular weight is 346 g/mol. The van der Waals surface area contributed by atoms with Crippen LogP contribution in [0.3, 0.4) is 0 Å². The zero-order valence-corrected chi connectivity index (χ0v) is 14.4. The van der Waals surface area contributed by atoms with Gasteiger partial charge in [0.2, 0.25) is 0 Å². The third-order valence-corrected chi connectivity index (χ3v) is 3.90. The molecule has 0 saturated carbocycles. The van der Waals surface area contributed by atoms with Crippen molar-refractivity contribution >= 4 is 11.9 Å². The number of allylic oxidation sites excluding steroid dienone is 3. The number of ether oxygens (including phenoxy) is 3. The van der Waals surface area contributed by atoms with Gasteiger partial charge < -0.3 is 19.3 Å². The van der Waals surface area contributed by atoms with Gasteiger partial charge in [0.05, 0.1) is 18.3 Å². The van der Waals surface area contributed by atoms with Gasteiger partial charge in [-0.15, -0.1) is 0 Å². The summed E-state index contributed by atoms with van der Waals surface area (Å²) in [7, 11) is 1.66. The van der Waals surface area contributed by atoms with Crippen molar-refractivity contribution in [1.29, 1.82) is 0 Å². The van der Waals surface area contributed by atoms with E-state index in [0.717, 1.165) is 6.42 Å². The summed E-state index contributed by atoms with van der Waals surface area (Å²) < 4.78 is 16.0. The molecule has 1 N–H and O–H groups in total. The van der Waals surface area contributed by atoms with Crippen molar-refractivity contribution in [3.63, 3.8) is 0 Å². The minimum Gasteiger partial charge on any atom is -0.493 e. The number of rotatable bonds is 8. The number of benzene rings is 1. The van der Waals surface area contributed by atoms with Gasteiger partial charge in [0.15, 0.2) is 0 Å². The van der Waals surface area contributed by atoms with E-state index >= 15 is 0 Å². The maximum atomic E-state index is 12.1. The molecule has 0 heterocycles. The molecule has 134 valence electrons. The summed E-state index contributed by atoms with van der Waals surface area (Å²) >= 11 is 0. The summed E-state index contributed by atoms with van der Waals surface area (Å²) in [4.78, 5) is 23.0.